The lowest BCUT2D eigenvalue weighted by molar-refractivity contribution is -0.103. The molecule has 2 nitrogen and oxygen atoms in total. The van der Waals surface area contributed by atoms with E-state index in [-0.39, 0.29) is 6.29 Å². The fourth-order valence-electron chi connectivity index (χ4n) is 2.23. The van der Waals surface area contributed by atoms with Gasteiger partial charge in [0.05, 0.1) is 0 Å². The Morgan fingerprint density at radius 1 is 1.08 bits per heavy atom. The molecule has 1 rings (SSSR count). The lowest BCUT2D eigenvalue weighted by Crippen LogP contribution is -2.28. The normalized spacial score (nSPS) is 22.0. The Kier molecular flexibility index (Phi) is 4.25. The molecule has 0 bridgehead atoms. The Labute approximate surface area is 76.9 Å². The van der Waals surface area contributed by atoms with Gasteiger partial charge in [0, 0.05) is 23.0 Å². The molecule has 1 aliphatic heterocycles. The first-order valence-electron chi connectivity index (χ1n) is 4.85. The summed E-state index contributed by atoms with van der Waals surface area (Å²) < 4.78 is 10.6. The smallest absolute Gasteiger partial charge is 0.156 e. The van der Waals surface area contributed by atoms with E-state index >= 15 is 0 Å². The first-order chi connectivity index (χ1) is 5.79. The van der Waals surface area contributed by atoms with Crippen LogP contribution in [0.5, 0.6) is 0 Å². The van der Waals surface area contributed by atoms with Gasteiger partial charge in [0.1, 0.15) is 0 Å². The molecule has 0 radical (unpaired) electrons. The van der Waals surface area contributed by atoms with Crippen molar-refractivity contribution < 1.29 is 9.47 Å². The number of ether oxygens (including phenoxy) is 2. The molecule has 0 aliphatic carbocycles. The van der Waals surface area contributed by atoms with Gasteiger partial charge < -0.3 is 9.47 Å². The third-order valence-corrected chi connectivity index (χ3v) is 7.14. The molecule has 1 saturated heterocycles. The molecular weight excluding hydrogens is 168 g/mol. The van der Waals surface area contributed by atoms with Gasteiger partial charge in [-0.2, -0.15) is 0 Å². The van der Waals surface area contributed by atoms with Gasteiger partial charge in [0.25, 0.3) is 0 Å². The van der Waals surface area contributed by atoms with Gasteiger partial charge in [0.15, 0.2) is 6.29 Å². The summed E-state index contributed by atoms with van der Waals surface area (Å²) in [4.78, 5) is 0. The standard InChI is InChI=1S/C9H20O2Si/c1-8(9(10-2)11-3)12-6-4-5-7-12/h8-9,12H,4-7H2,1-3H3. The maximum atomic E-state index is 5.29. The highest BCUT2D eigenvalue weighted by molar-refractivity contribution is 6.61. The summed E-state index contributed by atoms with van der Waals surface area (Å²) in [5.41, 5.74) is 0.683. The van der Waals surface area contributed by atoms with E-state index in [0.29, 0.717) is 5.54 Å². The molecular formula is C9H20O2Si. The molecule has 0 aromatic carbocycles. The zero-order valence-corrected chi connectivity index (χ0v) is 9.53. The van der Waals surface area contributed by atoms with Crippen molar-refractivity contribution in [2.24, 2.45) is 0 Å². The van der Waals surface area contributed by atoms with Gasteiger partial charge >= 0.3 is 0 Å². The molecule has 72 valence electrons. The Balaban J connectivity index is 2.37. The number of hydrogen-bond donors (Lipinski definition) is 0. The molecule has 0 aromatic rings. The molecule has 1 aliphatic rings. The second-order valence-corrected chi connectivity index (χ2v) is 7.47. The first-order valence-corrected chi connectivity index (χ1v) is 7.15. The van der Waals surface area contributed by atoms with Crippen LogP contribution in [0.3, 0.4) is 0 Å². The van der Waals surface area contributed by atoms with Crippen LogP contribution in [0.25, 0.3) is 0 Å². The summed E-state index contributed by atoms with van der Waals surface area (Å²) in [6.07, 6.45) is 2.95. The quantitative estimate of drug-likeness (QED) is 0.496. The minimum atomic E-state index is -0.518. The maximum absolute atomic E-state index is 5.29. The van der Waals surface area contributed by atoms with E-state index < -0.39 is 8.80 Å². The third-order valence-electron chi connectivity index (χ3n) is 3.04. The van der Waals surface area contributed by atoms with Gasteiger partial charge in [-0.05, 0) is 5.54 Å². The van der Waals surface area contributed by atoms with Crippen molar-refractivity contribution in [3.05, 3.63) is 0 Å². The Morgan fingerprint density at radius 3 is 2.00 bits per heavy atom. The zero-order chi connectivity index (χ0) is 8.97. The molecule has 12 heavy (non-hydrogen) atoms. The van der Waals surface area contributed by atoms with Crippen molar-refractivity contribution in [2.75, 3.05) is 14.2 Å². The summed E-state index contributed by atoms with van der Waals surface area (Å²) in [6.45, 7) is 2.29. The average Bonchev–Trinajstić information content (AvgIpc) is 2.58. The highest BCUT2D eigenvalue weighted by Crippen LogP contribution is 2.31. The Bertz CT molecular complexity index is 118. The topological polar surface area (TPSA) is 18.5 Å². The van der Waals surface area contributed by atoms with E-state index in [9.17, 15) is 0 Å². The second-order valence-electron chi connectivity index (χ2n) is 3.74. The number of hydrogen-bond acceptors (Lipinski definition) is 2. The zero-order valence-electron chi connectivity index (χ0n) is 8.38. The fourth-order valence-corrected chi connectivity index (χ4v) is 5.96. The van der Waals surface area contributed by atoms with Crippen LogP contribution in [0, 0.1) is 0 Å². The monoisotopic (exact) mass is 188 g/mol. The summed E-state index contributed by atoms with van der Waals surface area (Å²) in [7, 11) is 2.97. The van der Waals surface area contributed by atoms with Crippen LogP contribution in [0.2, 0.25) is 17.6 Å². The first kappa shape index (κ1) is 10.2. The van der Waals surface area contributed by atoms with Crippen LogP contribution in [0.4, 0.5) is 0 Å². The molecule has 0 amide bonds. The van der Waals surface area contributed by atoms with Crippen molar-refractivity contribution in [2.45, 2.75) is 43.7 Å². The average molecular weight is 188 g/mol. The van der Waals surface area contributed by atoms with Crippen LogP contribution in [-0.2, 0) is 9.47 Å². The minimum Gasteiger partial charge on any atom is -0.356 e. The van der Waals surface area contributed by atoms with E-state index in [2.05, 4.69) is 6.92 Å². The predicted molar refractivity (Wildman–Crippen MR) is 53.2 cm³/mol. The van der Waals surface area contributed by atoms with Crippen molar-refractivity contribution in [3.63, 3.8) is 0 Å². The van der Waals surface area contributed by atoms with E-state index in [1.807, 2.05) is 0 Å². The van der Waals surface area contributed by atoms with Crippen molar-refractivity contribution in [1.82, 2.24) is 0 Å². The van der Waals surface area contributed by atoms with E-state index in [1.54, 1.807) is 14.2 Å². The van der Waals surface area contributed by atoms with Crippen molar-refractivity contribution in [1.29, 1.82) is 0 Å². The third kappa shape index (κ3) is 2.31. The van der Waals surface area contributed by atoms with Crippen LogP contribution in [0.1, 0.15) is 19.8 Å². The Hall–Kier alpha value is 0.137. The van der Waals surface area contributed by atoms with Crippen LogP contribution >= 0.6 is 0 Å². The van der Waals surface area contributed by atoms with E-state index in [0.717, 1.165) is 0 Å². The SMILES string of the molecule is COC(OC)C(C)[SiH]1CCCC1. The van der Waals surface area contributed by atoms with Gasteiger partial charge in [-0.15, -0.1) is 0 Å². The predicted octanol–water partition coefficient (Wildman–Crippen LogP) is 2.02. The lowest BCUT2D eigenvalue weighted by Gasteiger charge is -2.25. The minimum absolute atomic E-state index is 0.0553. The maximum Gasteiger partial charge on any atom is 0.156 e. The van der Waals surface area contributed by atoms with E-state index in [1.165, 1.54) is 24.9 Å². The molecule has 1 fully saturated rings. The van der Waals surface area contributed by atoms with Gasteiger partial charge in [-0.1, -0.05) is 31.9 Å². The van der Waals surface area contributed by atoms with Crippen molar-refractivity contribution in [3.8, 4) is 0 Å². The fraction of sp³-hybridized carbons (Fsp3) is 1.00. The summed E-state index contributed by atoms with van der Waals surface area (Å²) in [5.74, 6) is 0. The molecule has 0 aromatic heterocycles. The number of rotatable bonds is 4. The molecule has 3 heteroatoms. The number of methoxy groups -OCH3 is 2. The largest absolute Gasteiger partial charge is 0.356 e. The van der Waals surface area contributed by atoms with Gasteiger partial charge in [0.2, 0.25) is 0 Å². The highest BCUT2D eigenvalue weighted by Gasteiger charge is 2.29. The molecule has 0 spiro atoms. The molecule has 0 saturated carbocycles. The Morgan fingerprint density at radius 2 is 1.58 bits per heavy atom. The lowest BCUT2D eigenvalue weighted by atomic mass is 10.4. The second kappa shape index (κ2) is 4.99. The van der Waals surface area contributed by atoms with Crippen LogP contribution in [0.15, 0.2) is 0 Å². The van der Waals surface area contributed by atoms with Crippen LogP contribution < -0.4 is 0 Å². The van der Waals surface area contributed by atoms with Crippen LogP contribution in [-0.4, -0.2) is 29.3 Å². The van der Waals surface area contributed by atoms with Gasteiger partial charge in [-0.3, -0.25) is 0 Å². The van der Waals surface area contributed by atoms with E-state index in [4.69, 9.17) is 9.47 Å². The summed E-state index contributed by atoms with van der Waals surface area (Å²) >= 11 is 0. The summed E-state index contributed by atoms with van der Waals surface area (Å²) in [5, 5.41) is 0. The highest BCUT2D eigenvalue weighted by atomic mass is 28.3. The van der Waals surface area contributed by atoms with Gasteiger partial charge in [-0.25, -0.2) is 0 Å². The molecule has 1 heterocycles. The molecule has 1 unspecified atom stereocenters. The summed E-state index contributed by atoms with van der Waals surface area (Å²) in [6, 6.07) is 2.98. The molecule has 0 N–H and O–H groups in total. The van der Waals surface area contributed by atoms with Crippen molar-refractivity contribution >= 4 is 8.80 Å². The molecule has 1 atom stereocenters.